The molecule has 1 atom stereocenters. The van der Waals surface area contributed by atoms with Crippen LogP contribution in [0.1, 0.15) is 6.42 Å². The predicted octanol–water partition coefficient (Wildman–Crippen LogP) is 1.15. The summed E-state index contributed by atoms with van der Waals surface area (Å²) in [6.07, 6.45) is 0.279. The van der Waals surface area contributed by atoms with Gasteiger partial charge in [-0.1, -0.05) is 0 Å². The van der Waals surface area contributed by atoms with Gasteiger partial charge < -0.3 is 4.74 Å². The molecule has 0 heterocycles. The zero-order chi connectivity index (χ0) is 6.41. The van der Waals surface area contributed by atoms with Gasteiger partial charge in [-0.05, 0) is 0 Å². The molecule has 0 radical (unpaired) electrons. The summed E-state index contributed by atoms with van der Waals surface area (Å²) in [5.74, 6) is 0.478. The predicted molar refractivity (Wildman–Crippen MR) is 31.7 cm³/mol. The highest BCUT2D eigenvalue weighted by Gasteiger charge is 2.00. The van der Waals surface area contributed by atoms with Crippen LogP contribution in [0.5, 0.6) is 0 Å². The Bertz CT molecular complexity index is 88.9. The summed E-state index contributed by atoms with van der Waals surface area (Å²) in [5.41, 5.74) is 0. The third-order valence-electron chi connectivity index (χ3n) is 0.800. The van der Waals surface area contributed by atoms with E-state index in [1.165, 1.54) is 7.11 Å². The van der Waals surface area contributed by atoms with Crippen molar-refractivity contribution in [2.24, 2.45) is 0 Å². The van der Waals surface area contributed by atoms with E-state index in [2.05, 4.69) is 0 Å². The second kappa shape index (κ2) is 4.89. The number of rotatable bonds is 3. The van der Waals surface area contributed by atoms with Crippen LogP contribution in [0.25, 0.3) is 0 Å². The van der Waals surface area contributed by atoms with Gasteiger partial charge >= 0.3 is 0 Å². The van der Waals surface area contributed by atoms with Gasteiger partial charge in [-0.25, -0.2) is 0 Å². The highest BCUT2D eigenvalue weighted by atomic mass is 35.5. The van der Waals surface area contributed by atoms with Crippen molar-refractivity contribution in [1.29, 1.82) is 5.26 Å². The van der Waals surface area contributed by atoms with Gasteiger partial charge in [-0.15, -0.1) is 11.6 Å². The van der Waals surface area contributed by atoms with Crippen molar-refractivity contribution in [3.8, 4) is 6.07 Å². The fourth-order valence-electron chi connectivity index (χ4n) is 0.334. The van der Waals surface area contributed by atoms with Gasteiger partial charge in [0, 0.05) is 19.4 Å². The Hall–Kier alpha value is -0.260. The Balaban J connectivity index is 3.26. The molecule has 0 aliphatic rings. The number of hydrogen-bond donors (Lipinski definition) is 0. The SMILES string of the molecule is COC(C#N)CCCl. The van der Waals surface area contributed by atoms with E-state index in [0.29, 0.717) is 12.3 Å². The van der Waals surface area contributed by atoms with Crippen molar-refractivity contribution in [3.05, 3.63) is 0 Å². The molecule has 0 aromatic rings. The molecule has 0 aromatic carbocycles. The molecule has 0 saturated heterocycles. The van der Waals surface area contributed by atoms with E-state index < -0.39 is 0 Å². The molecule has 8 heavy (non-hydrogen) atoms. The van der Waals surface area contributed by atoms with Gasteiger partial charge in [0.25, 0.3) is 0 Å². The quantitative estimate of drug-likeness (QED) is 0.542. The first kappa shape index (κ1) is 7.74. The van der Waals surface area contributed by atoms with E-state index in [4.69, 9.17) is 21.6 Å². The first-order valence-electron chi connectivity index (χ1n) is 2.33. The number of alkyl halides is 1. The Morgan fingerprint density at radius 2 is 2.50 bits per heavy atom. The zero-order valence-corrected chi connectivity index (χ0v) is 5.48. The van der Waals surface area contributed by atoms with Crippen LogP contribution in [0.2, 0.25) is 0 Å². The van der Waals surface area contributed by atoms with Crippen LogP contribution in [0, 0.1) is 11.3 Å². The van der Waals surface area contributed by atoms with Crippen molar-refractivity contribution < 1.29 is 4.74 Å². The monoisotopic (exact) mass is 133 g/mol. The summed E-state index contributed by atoms with van der Waals surface area (Å²) >= 11 is 5.32. The number of ether oxygens (including phenoxy) is 1. The molecule has 3 heteroatoms. The molecular formula is C5H8ClNO. The average molecular weight is 134 g/mol. The Morgan fingerprint density at radius 1 is 1.88 bits per heavy atom. The molecule has 0 rings (SSSR count). The molecule has 0 N–H and O–H groups in total. The first-order chi connectivity index (χ1) is 3.85. The van der Waals surface area contributed by atoms with Gasteiger partial charge in [0.1, 0.15) is 6.10 Å². The molecule has 0 aromatic heterocycles. The standard InChI is InChI=1S/C5H8ClNO/c1-8-5(4-7)2-3-6/h5H,2-3H2,1H3. The van der Waals surface area contributed by atoms with Crippen molar-refractivity contribution in [2.45, 2.75) is 12.5 Å². The normalized spacial score (nSPS) is 12.6. The molecule has 0 aliphatic heterocycles. The molecule has 0 fully saturated rings. The number of nitriles is 1. The van der Waals surface area contributed by atoms with Gasteiger partial charge in [-0.2, -0.15) is 5.26 Å². The maximum absolute atomic E-state index is 8.22. The summed E-state index contributed by atoms with van der Waals surface area (Å²) in [5, 5.41) is 8.22. The third kappa shape index (κ3) is 2.84. The minimum Gasteiger partial charge on any atom is -0.366 e. The van der Waals surface area contributed by atoms with Crippen LogP contribution in [-0.2, 0) is 4.74 Å². The fourth-order valence-corrected chi connectivity index (χ4v) is 0.532. The van der Waals surface area contributed by atoms with Crippen LogP contribution < -0.4 is 0 Å². The number of nitrogens with zero attached hydrogens (tertiary/aromatic N) is 1. The Labute approximate surface area is 54.0 Å². The molecule has 0 saturated carbocycles. The fraction of sp³-hybridized carbons (Fsp3) is 0.800. The van der Waals surface area contributed by atoms with Crippen molar-refractivity contribution in [3.63, 3.8) is 0 Å². The largest absolute Gasteiger partial charge is 0.366 e. The molecule has 0 spiro atoms. The summed E-state index contributed by atoms with van der Waals surface area (Å²) in [6.45, 7) is 0. The van der Waals surface area contributed by atoms with Crippen LogP contribution in [0.15, 0.2) is 0 Å². The smallest absolute Gasteiger partial charge is 0.144 e. The molecule has 0 amide bonds. The second-order valence-corrected chi connectivity index (χ2v) is 1.71. The second-order valence-electron chi connectivity index (χ2n) is 1.33. The highest BCUT2D eigenvalue weighted by Crippen LogP contribution is 1.95. The average Bonchev–Trinajstić information content (AvgIpc) is 1.83. The summed E-state index contributed by atoms with van der Waals surface area (Å²) < 4.78 is 4.69. The number of methoxy groups -OCH3 is 1. The lowest BCUT2D eigenvalue weighted by molar-refractivity contribution is 0.144. The molecule has 0 bridgehead atoms. The Kier molecular flexibility index (Phi) is 4.73. The van der Waals surface area contributed by atoms with E-state index in [1.807, 2.05) is 6.07 Å². The summed E-state index contributed by atoms with van der Waals surface area (Å²) in [7, 11) is 1.50. The number of halogens is 1. The van der Waals surface area contributed by atoms with Gasteiger partial charge in [0.05, 0.1) is 6.07 Å². The number of hydrogen-bond acceptors (Lipinski definition) is 2. The van der Waals surface area contributed by atoms with E-state index in [-0.39, 0.29) is 6.10 Å². The van der Waals surface area contributed by atoms with Crippen LogP contribution in [-0.4, -0.2) is 19.1 Å². The van der Waals surface area contributed by atoms with Gasteiger partial charge in [0.2, 0.25) is 0 Å². The van der Waals surface area contributed by atoms with Crippen LogP contribution in [0.3, 0.4) is 0 Å². The maximum atomic E-state index is 8.22. The molecular weight excluding hydrogens is 126 g/mol. The molecule has 46 valence electrons. The molecule has 1 unspecified atom stereocenters. The third-order valence-corrected chi connectivity index (χ3v) is 1.02. The van der Waals surface area contributed by atoms with Gasteiger partial charge in [-0.3, -0.25) is 0 Å². The Morgan fingerprint density at radius 3 is 2.62 bits per heavy atom. The molecule has 2 nitrogen and oxygen atoms in total. The van der Waals surface area contributed by atoms with E-state index in [1.54, 1.807) is 0 Å². The highest BCUT2D eigenvalue weighted by molar-refractivity contribution is 6.17. The van der Waals surface area contributed by atoms with E-state index in [0.717, 1.165) is 0 Å². The van der Waals surface area contributed by atoms with E-state index in [9.17, 15) is 0 Å². The summed E-state index contributed by atoms with van der Waals surface area (Å²) in [4.78, 5) is 0. The lowest BCUT2D eigenvalue weighted by atomic mass is 10.3. The summed E-state index contributed by atoms with van der Waals surface area (Å²) in [6, 6.07) is 1.95. The van der Waals surface area contributed by atoms with Crippen molar-refractivity contribution in [2.75, 3.05) is 13.0 Å². The minimum atomic E-state index is -0.326. The van der Waals surface area contributed by atoms with Crippen molar-refractivity contribution in [1.82, 2.24) is 0 Å². The minimum absolute atomic E-state index is 0.326. The lowest BCUT2D eigenvalue weighted by Gasteiger charge is -2.00. The van der Waals surface area contributed by atoms with Crippen LogP contribution in [0.4, 0.5) is 0 Å². The first-order valence-corrected chi connectivity index (χ1v) is 2.87. The van der Waals surface area contributed by atoms with Crippen molar-refractivity contribution >= 4 is 11.6 Å². The zero-order valence-electron chi connectivity index (χ0n) is 4.72. The van der Waals surface area contributed by atoms with Crippen LogP contribution >= 0.6 is 11.6 Å². The van der Waals surface area contributed by atoms with Gasteiger partial charge in [0.15, 0.2) is 0 Å². The maximum Gasteiger partial charge on any atom is 0.144 e. The van der Waals surface area contributed by atoms with E-state index >= 15 is 0 Å². The molecule has 0 aliphatic carbocycles. The lowest BCUT2D eigenvalue weighted by Crippen LogP contribution is -2.06. The topological polar surface area (TPSA) is 33.0 Å².